The van der Waals surface area contributed by atoms with Crippen molar-refractivity contribution in [3.05, 3.63) is 76.1 Å². The van der Waals surface area contributed by atoms with Gasteiger partial charge in [0, 0.05) is 66.6 Å². The number of likely N-dealkylation sites (tertiary alicyclic amines) is 1. The van der Waals surface area contributed by atoms with Crippen LogP contribution in [0.5, 0.6) is 0 Å². The van der Waals surface area contributed by atoms with Gasteiger partial charge in [-0.1, -0.05) is 51.5 Å². The van der Waals surface area contributed by atoms with Gasteiger partial charge in [-0.3, -0.25) is 24.6 Å². The van der Waals surface area contributed by atoms with Gasteiger partial charge in [0.15, 0.2) is 0 Å². The van der Waals surface area contributed by atoms with Crippen LogP contribution in [0.3, 0.4) is 0 Å². The van der Waals surface area contributed by atoms with Gasteiger partial charge in [0.2, 0.25) is 5.91 Å². The van der Waals surface area contributed by atoms with E-state index in [0.717, 1.165) is 43.7 Å². The van der Waals surface area contributed by atoms with Crippen LogP contribution in [0.2, 0.25) is 0 Å². The van der Waals surface area contributed by atoms with E-state index in [1.54, 1.807) is 18.3 Å². The number of aryl methyl sites for hydroxylation is 1. The molecule has 1 aliphatic heterocycles. The minimum Gasteiger partial charge on any atom is -0.342 e. The van der Waals surface area contributed by atoms with Crippen LogP contribution >= 0.6 is 0 Å². The number of nitrogens with one attached hydrogen (secondary N) is 2. The van der Waals surface area contributed by atoms with E-state index in [1.807, 2.05) is 12.1 Å². The second-order valence-corrected chi connectivity index (χ2v) is 13.2. The number of rotatable bonds is 13. The van der Waals surface area contributed by atoms with E-state index >= 15 is 0 Å². The van der Waals surface area contributed by atoms with Gasteiger partial charge in [-0.2, -0.15) is 0 Å². The minimum absolute atomic E-state index is 0.0259. The van der Waals surface area contributed by atoms with Crippen LogP contribution in [0.1, 0.15) is 83.4 Å². The second-order valence-electron chi connectivity index (χ2n) is 13.2. The molecule has 5 rings (SSSR count). The van der Waals surface area contributed by atoms with Crippen molar-refractivity contribution in [3.63, 3.8) is 0 Å². The highest BCUT2D eigenvalue weighted by molar-refractivity contribution is 5.94. The number of anilines is 1. The zero-order valence-corrected chi connectivity index (χ0v) is 26.2. The molecule has 2 aliphatic rings. The van der Waals surface area contributed by atoms with Crippen LogP contribution in [0.25, 0.3) is 11.4 Å². The molecule has 1 amide bonds. The fourth-order valence-electron chi connectivity index (χ4n) is 7.19. The summed E-state index contributed by atoms with van der Waals surface area (Å²) in [4.78, 5) is 46.9. The van der Waals surface area contributed by atoms with Crippen molar-refractivity contribution in [2.45, 2.75) is 91.1 Å². The Morgan fingerprint density at radius 3 is 2.66 bits per heavy atom. The molecule has 3 atom stereocenters. The minimum atomic E-state index is -0.415. The Morgan fingerprint density at radius 1 is 1.14 bits per heavy atom. The van der Waals surface area contributed by atoms with E-state index in [9.17, 15) is 19.7 Å². The predicted octanol–water partition coefficient (Wildman–Crippen LogP) is 7.33. The molecule has 2 aromatic carbocycles. The number of non-ortho nitro benzene ring substituents is 1. The molecule has 0 bridgehead atoms. The van der Waals surface area contributed by atoms with Crippen LogP contribution in [0.15, 0.2) is 54.7 Å². The van der Waals surface area contributed by atoms with Crippen LogP contribution in [0.4, 0.5) is 11.4 Å². The summed E-state index contributed by atoms with van der Waals surface area (Å²) < 4.78 is 0. The molecule has 9 nitrogen and oxygen atoms in total. The molecule has 1 aromatic heterocycles. The summed E-state index contributed by atoms with van der Waals surface area (Å²) in [6, 6.07) is 15.2. The van der Waals surface area contributed by atoms with Crippen molar-refractivity contribution < 1.29 is 14.5 Å². The zero-order valence-electron chi connectivity index (χ0n) is 26.2. The van der Waals surface area contributed by atoms with E-state index in [2.05, 4.69) is 53.1 Å². The predicted molar refractivity (Wildman–Crippen MR) is 172 cm³/mol. The number of Topliss-reactive ketones (excluding diaryl/α,β-unsaturated/α-hetero) is 1. The summed E-state index contributed by atoms with van der Waals surface area (Å²) in [6.45, 7) is 8.76. The summed E-state index contributed by atoms with van der Waals surface area (Å²) in [7, 11) is 0. The van der Waals surface area contributed by atoms with Gasteiger partial charge in [-0.15, -0.1) is 0 Å². The molecule has 44 heavy (non-hydrogen) atoms. The first-order chi connectivity index (χ1) is 21.1. The number of aromatic amines is 1. The lowest BCUT2D eigenvalue weighted by atomic mass is 9.53. The van der Waals surface area contributed by atoms with Gasteiger partial charge in [-0.25, -0.2) is 4.98 Å². The summed E-state index contributed by atoms with van der Waals surface area (Å²) in [5.74, 6) is 0.806. The lowest BCUT2D eigenvalue weighted by molar-refractivity contribution is -0.384. The third-order valence-corrected chi connectivity index (χ3v) is 9.77. The topological polar surface area (TPSA) is 121 Å². The molecule has 1 saturated heterocycles. The first kappa shape index (κ1) is 31.6. The number of nitrogens with zero attached hydrogens (tertiary/aromatic N) is 3. The number of nitro groups is 1. The Kier molecular flexibility index (Phi) is 9.93. The highest BCUT2D eigenvalue weighted by Crippen LogP contribution is 2.53. The summed E-state index contributed by atoms with van der Waals surface area (Å²) in [5, 5.41) is 14.1. The number of hydrogen-bond donors (Lipinski definition) is 2. The van der Waals surface area contributed by atoms with Crippen LogP contribution in [-0.2, 0) is 22.6 Å². The maximum atomic E-state index is 13.2. The Bertz CT molecular complexity index is 1460. The quantitative estimate of drug-likeness (QED) is 0.157. The first-order valence-electron chi connectivity index (χ1n) is 16.1. The van der Waals surface area contributed by atoms with Crippen molar-refractivity contribution >= 4 is 23.1 Å². The average Bonchev–Trinajstić information content (AvgIpc) is 3.49. The Balaban J connectivity index is 1.08. The number of piperidine rings is 1. The third-order valence-electron chi connectivity index (χ3n) is 9.77. The molecule has 1 saturated carbocycles. The Labute approximate surface area is 260 Å². The van der Waals surface area contributed by atoms with Crippen LogP contribution in [0, 0.1) is 27.4 Å². The lowest BCUT2D eigenvalue weighted by Crippen LogP contribution is -2.48. The lowest BCUT2D eigenvalue weighted by Gasteiger charge is -2.51. The molecule has 9 heteroatoms. The monoisotopic (exact) mass is 599 g/mol. The highest BCUT2D eigenvalue weighted by Gasteiger charge is 2.49. The number of carbonyl (C=O) groups is 2. The van der Waals surface area contributed by atoms with E-state index < -0.39 is 4.92 Å². The number of ketones is 1. The first-order valence-corrected chi connectivity index (χ1v) is 16.1. The number of amides is 1. The van der Waals surface area contributed by atoms with E-state index in [1.165, 1.54) is 43.4 Å². The van der Waals surface area contributed by atoms with Crippen molar-refractivity contribution in [1.29, 1.82) is 0 Å². The molecular weight excluding hydrogens is 554 g/mol. The fourth-order valence-corrected chi connectivity index (χ4v) is 7.19. The smallest absolute Gasteiger partial charge is 0.270 e. The molecule has 2 N–H and O–H groups in total. The summed E-state index contributed by atoms with van der Waals surface area (Å²) >= 11 is 0. The third kappa shape index (κ3) is 7.62. The number of hydrogen-bond acceptors (Lipinski definition) is 6. The van der Waals surface area contributed by atoms with Gasteiger partial charge in [0.25, 0.3) is 5.69 Å². The highest BCUT2D eigenvalue weighted by atomic mass is 16.6. The summed E-state index contributed by atoms with van der Waals surface area (Å²) in [5.41, 5.74) is 3.71. The average molecular weight is 600 g/mol. The van der Waals surface area contributed by atoms with Gasteiger partial charge in [0.05, 0.1) is 4.92 Å². The maximum Gasteiger partial charge on any atom is 0.270 e. The molecule has 0 radical (unpaired) electrons. The molecule has 0 spiro atoms. The van der Waals surface area contributed by atoms with Crippen molar-refractivity contribution in [2.75, 3.05) is 11.9 Å². The number of carbonyl (C=O) groups excluding carboxylic acids is 2. The fraction of sp³-hybridized carbons (Fsp3) is 0.514. The molecule has 234 valence electrons. The molecule has 2 heterocycles. The number of benzene rings is 2. The van der Waals surface area contributed by atoms with E-state index in [4.69, 9.17) is 0 Å². The largest absolute Gasteiger partial charge is 0.342 e. The summed E-state index contributed by atoms with van der Waals surface area (Å²) in [6.07, 6.45) is 9.63. The van der Waals surface area contributed by atoms with Crippen molar-refractivity contribution in [2.24, 2.45) is 17.3 Å². The number of imidazole rings is 1. The molecule has 1 aliphatic carbocycles. The molecule has 2 fully saturated rings. The van der Waals surface area contributed by atoms with E-state index in [0.29, 0.717) is 17.4 Å². The number of aromatic nitrogens is 2. The number of nitro benzene ring substituents is 1. The Hall–Kier alpha value is -3.85. The van der Waals surface area contributed by atoms with Gasteiger partial charge < -0.3 is 10.3 Å². The van der Waals surface area contributed by atoms with Crippen LogP contribution in [-0.4, -0.2) is 44.1 Å². The van der Waals surface area contributed by atoms with Crippen molar-refractivity contribution in [1.82, 2.24) is 14.9 Å². The van der Waals surface area contributed by atoms with Gasteiger partial charge in [0.1, 0.15) is 11.6 Å². The standard InChI is InChI=1S/C35H45N5O4/c1-4-28-9-5-6-19-39(28)23-24-11-13-26(14-12-24)37-33(42)18-17-32(41)30-21-35(2,3)31(30)16-15-27-22-36-34(38-27)25-8-7-10-29(20-25)40(43)44/h7-8,10-14,20,22,28,30-31H,4-6,9,15-19,21,23H2,1-3H3,(H,36,38)(H,37,42)/t28?,30-,31+/m0/s1. The normalized spacial score (nSPS) is 21.4. The second kappa shape index (κ2) is 13.8. The number of H-pyrrole nitrogens is 1. The zero-order chi connectivity index (χ0) is 31.3. The molecular formula is C35H45N5O4. The molecule has 3 aromatic rings. The Morgan fingerprint density at radius 2 is 1.93 bits per heavy atom. The van der Waals surface area contributed by atoms with Crippen molar-refractivity contribution in [3.8, 4) is 11.4 Å². The maximum absolute atomic E-state index is 13.2. The van der Waals surface area contributed by atoms with E-state index in [-0.39, 0.29) is 47.5 Å². The van der Waals surface area contributed by atoms with Crippen LogP contribution < -0.4 is 5.32 Å². The molecule has 1 unspecified atom stereocenters. The van der Waals surface area contributed by atoms with Gasteiger partial charge >= 0.3 is 0 Å². The SMILES string of the molecule is CCC1CCCCN1Cc1ccc(NC(=O)CCC(=O)[C@H]2CC(C)(C)[C@@H]2CCc2cnc(-c3cccc([N+](=O)[O-])c3)[nH]2)cc1. The van der Waals surface area contributed by atoms with Gasteiger partial charge in [-0.05, 0) is 74.1 Å².